The highest BCUT2D eigenvalue weighted by molar-refractivity contribution is 14.1. The Bertz CT molecular complexity index is 222. The van der Waals surface area contributed by atoms with Gasteiger partial charge in [0.1, 0.15) is 0 Å². The summed E-state index contributed by atoms with van der Waals surface area (Å²) >= 11 is 2.48. The smallest absolute Gasteiger partial charge is 0.0782 e. The van der Waals surface area contributed by atoms with Gasteiger partial charge < -0.3 is 8.97 Å². The van der Waals surface area contributed by atoms with E-state index in [4.69, 9.17) is 0 Å². The Balaban J connectivity index is 3.47. The molecule has 0 spiro atoms. The van der Waals surface area contributed by atoms with Crippen LogP contribution in [0.1, 0.15) is 51.4 Å². The fourth-order valence-electron chi connectivity index (χ4n) is 2.58. The first kappa shape index (κ1) is 20.6. The number of hydrogen-bond acceptors (Lipinski definition) is 0. The molecule has 0 bridgehead atoms. The number of hydrogen-bond donors (Lipinski definition) is 0. The van der Waals surface area contributed by atoms with E-state index in [1.54, 1.807) is 0 Å². The first-order valence-electron chi connectivity index (χ1n) is 8.45. The molecule has 0 N–H and O–H groups in total. The van der Waals surface area contributed by atoms with Crippen molar-refractivity contribution >= 4 is 22.6 Å². The van der Waals surface area contributed by atoms with Crippen molar-refractivity contribution in [2.45, 2.75) is 51.4 Å². The van der Waals surface area contributed by atoms with Gasteiger partial charge in [-0.05, 0) is 49.4 Å². The molecule has 0 aliphatic heterocycles. The molecule has 2 nitrogen and oxygen atoms in total. The lowest BCUT2D eigenvalue weighted by Crippen LogP contribution is -2.41. The SMILES string of the molecule is C[N+](C)(C)CCCCCC[N+](C)(C)CCCCCCI. The molecule has 0 unspecified atom stereocenters. The zero-order chi connectivity index (χ0) is 15.5. The molecule has 0 amide bonds. The maximum atomic E-state index is 2.48. The third-order valence-corrected chi connectivity index (χ3v) is 4.75. The predicted octanol–water partition coefficient (Wildman–Crippen LogP) is 4.32. The van der Waals surface area contributed by atoms with Crippen LogP contribution in [0.2, 0.25) is 0 Å². The second-order valence-electron chi connectivity index (χ2n) is 7.91. The van der Waals surface area contributed by atoms with Crippen molar-refractivity contribution in [1.29, 1.82) is 0 Å². The van der Waals surface area contributed by atoms with Crippen LogP contribution < -0.4 is 0 Å². The summed E-state index contributed by atoms with van der Waals surface area (Å²) < 4.78 is 3.65. The van der Waals surface area contributed by atoms with Crippen LogP contribution in [0.5, 0.6) is 0 Å². The van der Waals surface area contributed by atoms with Crippen LogP contribution in [-0.4, -0.2) is 68.3 Å². The summed E-state index contributed by atoms with van der Waals surface area (Å²) in [6, 6.07) is 0. The van der Waals surface area contributed by atoms with E-state index in [0.717, 1.165) is 4.48 Å². The van der Waals surface area contributed by atoms with Crippen LogP contribution in [-0.2, 0) is 0 Å². The van der Waals surface area contributed by atoms with Crippen molar-refractivity contribution in [3.05, 3.63) is 0 Å². The average Bonchev–Trinajstić information content (AvgIpc) is 2.32. The molecule has 0 atom stereocenters. The topological polar surface area (TPSA) is 0 Å². The molecular weight excluding hydrogens is 359 g/mol. The molecule has 3 heteroatoms. The Morgan fingerprint density at radius 3 is 1.35 bits per heavy atom. The van der Waals surface area contributed by atoms with Gasteiger partial charge >= 0.3 is 0 Å². The van der Waals surface area contributed by atoms with Gasteiger partial charge in [-0.15, -0.1) is 0 Å². The van der Waals surface area contributed by atoms with Crippen molar-refractivity contribution in [3.63, 3.8) is 0 Å². The van der Waals surface area contributed by atoms with Gasteiger partial charge in [0.2, 0.25) is 0 Å². The zero-order valence-electron chi connectivity index (χ0n) is 14.8. The van der Waals surface area contributed by atoms with E-state index in [1.165, 1.54) is 79.9 Å². The lowest BCUT2D eigenvalue weighted by Gasteiger charge is -2.30. The molecule has 0 rings (SSSR count). The van der Waals surface area contributed by atoms with Crippen molar-refractivity contribution in [2.75, 3.05) is 59.3 Å². The number of halogens is 1. The lowest BCUT2D eigenvalue weighted by molar-refractivity contribution is -0.890. The Hall–Kier alpha value is 0.650. The number of rotatable bonds is 13. The quantitative estimate of drug-likeness (QED) is 0.188. The molecule has 0 saturated carbocycles. The minimum Gasteiger partial charge on any atom is -0.331 e. The van der Waals surface area contributed by atoms with Gasteiger partial charge in [-0.1, -0.05) is 29.0 Å². The second kappa shape index (κ2) is 11.2. The number of unbranched alkanes of at least 4 members (excludes halogenated alkanes) is 6. The van der Waals surface area contributed by atoms with Gasteiger partial charge in [-0.2, -0.15) is 0 Å². The molecule has 0 aromatic rings. The molecule has 0 aliphatic carbocycles. The van der Waals surface area contributed by atoms with Crippen LogP contribution >= 0.6 is 22.6 Å². The standard InChI is InChI=1S/C17H39IN2/c1-19(2,3)15-11-8-9-13-17-20(4,5)16-12-7-6-10-14-18/h6-17H2,1-5H3/q+2. The maximum absolute atomic E-state index is 2.48. The summed E-state index contributed by atoms with van der Waals surface area (Å²) in [7, 11) is 11.7. The Morgan fingerprint density at radius 1 is 0.550 bits per heavy atom. The van der Waals surface area contributed by atoms with Gasteiger partial charge in [0.25, 0.3) is 0 Å². The highest BCUT2D eigenvalue weighted by Gasteiger charge is 2.13. The average molecular weight is 398 g/mol. The molecule has 0 aromatic carbocycles. The highest BCUT2D eigenvalue weighted by atomic mass is 127. The third kappa shape index (κ3) is 15.0. The number of nitrogens with zero attached hydrogens (tertiary/aromatic N) is 2. The molecule has 0 saturated heterocycles. The van der Waals surface area contributed by atoms with Crippen LogP contribution in [0.15, 0.2) is 0 Å². The van der Waals surface area contributed by atoms with E-state index in [1.807, 2.05) is 0 Å². The van der Waals surface area contributed by atoms with E-state index in [9.17, 15) is 0 Å². The van der Waals surface area contributed by atoms with Crippen molar-refractivity contribution in [1.82, 2.24) is 0 Å². The van der Waals surface area contributed by atoms with Crippen molar-refractivity contribution < 1.29 is 8.97 Å². The lowest BCUT2D eigenvalue weighted by atomic mass is 10.1. The van der Waals surface area contributed by atoms with Crippen LogP contribution in [0.4, 0.5) is 0 Å². The van der Waals surface area contributed by atoms with E-state index in [0.29, 0.717) is 0 Å². The summed E-state index contributed by atoms with van der Waals surface area (Å²) in [5.41, 5.74) is 0. The summed E-state index contributed by atoms with van der Waals surface area (Å²) in [5.74, 6) is 0. The van der Waals surface area contributed by atoms with Crippen LogP contribution in [0.3, 0.4) is 0 Å². The van der Waals surface area contributed by atoms with Gasteiger partial charge in [0.05, 0.1) is 54.9 Å². The van der Waals surface area contributed by atoms with Gasteiger partial charge in [-0.3, -0.25) is 0 Å². The summed E-state index contributed by atoms with van der Waals surface area (Å²) in [6.45, 7) is 4.03. The first-order chi connectivity index (χ1) is 9.27. The Morgan fingerprint density at radius 2 is 0.950 bits per heavy atom. The van der Waals surface area contributed by atoms with Gasteiger partial charge in [-0.25, -0.2) is 0 Å². The molecule has 0 aliphatic rings. The number of quaternary nitrogens is 2. The van der Waals surface area contributed by atoms with E-state index in [2.05, 4.69) is 57.8 Å². The minimum absolute atomic E-state index is 1.11. The zero-order valence-corrected chi connectivity index (χ0v) is 16.9. The molecule has 122 valence electrons. The molecular formula is C17H39IN2+2. The van der Waals surface area contributed by atoms with E-state index < -0.39 is 0 Å². The Kier molecular flexibility index (Phi) is 11.6. The molecule has 0 heterocycles. The monoisotopic (exact) mass is 398 g/mol. The number of alkyl halides is 1. The largest absolute Gasteiger partial charge is 0.331 e. The normalized spacial score (nSPS) is 12.9. The van der Waals surface area contributed by atoms with Crippen molar-refractivity contribution in [3.8, 4) is 0 Å². The molecule has 20 heavy (non-hydrogen) atoms. The fourth-order valence-corrected chi connectivity index (χ4v) is 3.12. The highest BCUT2D eigenvalue weighted by Crippen LogP contribution is 2.10. The summed E-state index contributed by atoms with van der Waals surface area (Å²) in [6.07, 6.45) is 11.3. The molecule has 0 radical (unpaired) electrons. The second-order valence-corrected chi connectivity index (χ2v) is 8.99. The van der Waals surface area contributed by atoms with Gasteiger partial charge in [0.15, 0.2) is 0 Å². The van der Waals surface area contributed by atoms with Crippen molar-refractivity contribution in [2.24, 2.45) is 0 Å². The van der Waals surface area contributed by atoms with E-state index in [-0.39, 0.29) is 0 Å². The Labute approximate surface area is 142 Å². The first-order valence-corrected chi connectivity index (χ1v) is 9.98. The third-order valence-electron chi connectivity index (χ3n) is 3.99. The minimum atomic E-state index is 1.11. The summed E-state index contributed by atoms with van der Waals surface area (Å²) in [5, 5.41) is 0. The fraction of sp³-hybridized carbons (Fsp3) is 1.00. The van der Waals surface area contributed by atoms with E-state index >= 15 is 0 Å². The van der Waals surface area contributed by atoms with Crippen LogP contribution in [0, 0.1) is 0 Å². The summed E-state index contributed by atoms with van der Waals surface area (Å²) in [4.78, 5) is 0. The van der Waals surface area contributed by atoms with Crippen LogP contribution in [0.25, 0.3) is 0 Å². The molecule has 0 fully saturated rings. The maximum Gasteiger partial charge on any atom is 0.0782 e. The molecule has 0 aromatic heterocycles. The van der Waals surface area contributed by atoms with Gasteiger partial charge in [0, 0.05) is 0 Å². The predicted molar refractivity (Wildman–Crippen MR) is 101 cm³/mol.